The van der Waals surface area contributed by atoms with Crippen LogP contribution in [0.15, 0.2) is 12.1 Å². The molecule has 1 aliphatic carbocycles. The second kappa shape index (κ2) is 4.01. The van der Waals surface area contributed by atoms with Gasteiger partial charge < -0.3 is 9.88 Å². The molecule has 2 nitrogen and oxygen atoms in total. The standard InChI is InChI=1S/C15H17ClN2/c16-11-7-10-9-17-5-6-18-14-4-2-1-3-12(14)13(8-11)15(10)18/h7-8,17H,1-6,9H2. The monoisotopic (exact) mass is 260 g/mol. The zero-order valence-corrected chi connectivity index (χ0v) is 11.2. The second-order valence-electron chi connectivity index (χ2n) is 5.42. The van der Waals surface area contributed by atoms with E-state index in [0.29, 0.717) is 0 Å². The Labute approximate surface area is 112 Å². The van der Waals surface area contributed by atoms with Gasteiger partial charge in [0.05, 0.1) is 5.52 Å². The first-order valence-corrected chi connectivity index (χ1v) is 7.25. The van der Waals surface area contributed by atoms with Crippen LogP contribution in [0.25, 0.3) is 10.9 Å². The molecule has 0 saturated heterocycles. The minimum Gasteiger partial charge on any atom is -0.343 e. The fourth-order valence-corrected chi connectivity index (χ4v) is 3.85. The van der Waals surface area contributed by atoms with Crippen molar-refractivity contribution in [3.8, 4) is 0 Å². The van der Waals surface area contributed by atoms with Crippen molar-refractivity contribution in [2.75, 3.05) is 6.54 Å². The van der Waals surface area contributed by atoms with Gasteiger partial charge in [-0.1, -0.05) is 11.6 Å². The summed E-state index contributed by atoms with van der Waals surface area (Å²) in [6, 6.07) is 4.30. The zero-order valence-electron chi connectivity index (χ0n) is 10.4. The Morgan fingerprint density at radius 1 is 1.17 bits per heavy atom. The lowest BCUT2D eigenvalue weighted by atomic mass is 9.95. The van der Waals surface area contributed by atoms with E-state index in [0.717, 1.165) is 24.7 Å². The molecule has 0 fully saturated rings. The highest BCUT2D eigenvalue weighted by Crippen LogP contribution is 2.36. The van der Waals surface area contributed by atoms with Crippen LogP contribution in [0.1, 0.15) is 29.7 Å². The summed E-state index contributed by atoms with van der Waals surface area (Å²) in [7, 11) is 0. The van der Waals surface area contributed by atoms with Crippen molar-refractivity contribution in [1.82, 2.24) is 9.88 Å². The van der Waals surface area contributed by atoms with Crippen molar-refractivity contribution in [2.45, 2.75) is 38.8 Å². The lowest BCUT2D eigenvalue weighted by molar-refractivity contribution is 0.586. The summed E-state index contributed by atoms with van der Waals surface area (Å²) in [5.74, 6) is 0. The van der Waals surface area contributed by atoms with Gasteiger partial charge in [-0.25, -0.2) is 0 Å². The van der Waals surface area contributed by atoms with Gasteiger partial charge in [0.15, 0.2) is 0 Å². The Hall–Kier alpha value is -0.990. The highest BCUT2D eigenvalue weighted by atomic mass is 35.5. The molecule has 94 valence electrons. The van der Waals surface area contributed by atoms with E-state index in [9.17, 15) is 0 Å². The van der Waals surface area contributed by atoms with Crippen LogP contribution in [0.2, 0.25) is 5.02 Å². The van der Waals surface area contributed by atoms with Gasteiger partial charge in [0.1, 0.15) is 0 Å². The van der Waals surface area contributed by atoms with Crippen molar-refractivity contribution in [2.24, 2.45) is 0 Å². The van der Waals surface area contributed by atoms with Crippen LogP contribution in [0.3, 0.4) is 0 Å². The van der Waals surface area contributed by atoms with Gasteiger partial charge in [-0.05, 0) is 48.9 Å². The van der Waals surface area contributed by atoms with Crippen molar-refractivity contribution in [3.05, 3.63) is 34.0 Å². The van der Waals surface area contributed by atoms with E-state index in [1.807, 2.05) is 0 Å². The maximum atomic E-state index is 6.29. The topological polar surface area (TPSA) is 17.0 Å². The van der Waals surface area contributed by atoms with Crippen LogP contribution < -0.4 is 5.32 Å². The summed E-state index contributed by atoms with van der Waals surface area (Å²) >= 11 is 6.29. The number of halogens is 1. The number of hydrogen-bond acceptors (Lipinski definition) is 1. The van der Waals surface area contributed by atoms with Crippen LogP contribution >= 0.6 is 11.6 Å². The molecule has 0 bridgehead atoms. The maximum absolute atomic E-state index is 6.29. The summed E-state index contributed by atoms with van der Waals surface area (Å²) in [5, 5.41) is 5.79. The molecule has 0 spiro atoms. The molecule has 0 saturated carbocycles. The molecule has 0 amide bonds. The average Bonchev–Trinajstić information content (AvgIpc) is 2.55. The fourth-order valence-electron chi connectivity index (χ4n) is 3.61. The van der Waals surface area contributed by atoms with E-state index in [2.05, 4.69) is 22.0 Å². The van der Waals surface area contributed by atoms with Gasteiger partial charge in [-0.2, -0.15) is 0 Å². The molecule has 2 aromatic rings. The SMILES string of the molecule is Clc1cc2c3c(c1)c1c(n3CCNC2)CCCC1. The van der Waals surface area contributed by atoms with Crippen LogP contribution in [0, 0.1) is 0 Å². The first-order chi connectivity index (χ1) is 8.84. The molecule has 0 radical (unpaired) electrons. The van der Waals surface area contributed by atoms with Crippen LogP contribution in [-0.2, 0) is 25.9 Å². The van der Waals surface area contributed by atoms with Crippen molar-refractivity contribution < 1.29 is 0 Å². The molecular formula is C15H17ClN2. The molecule has 1 aromatic carbocycles. The fraction of sp³-hybridized carbons (Fsp3) is 0.467. The molecular weight excluding hydrogens is 244 g/mol. The lowest BCUT2D eigenvalue weighted by Gasteiger charge is -2.15. The number of nitrogens with one attached hydrogen (secondary N) is 1. The smallest absolute Gasteiger partial charge is 0.0532 e. The molecule has 0 unspecified atom stereocenters. The summed E-state index contributed by atoms with van der Waals surface area (Å²) in [4.78, 5) is 0. The van der Waals surface area contributed by atoms with Crippen molar-refractivity contribution in [1.29, 1.82) is 0 Å². The van der Waals surface area contributed by atoms with Gasteiger partial charge in [0.2, 0.25) is 0 Å². The number of benzene rings is 1. The third-order valence-corrected chi connectivity index (χ3v) is 4.56. The molecule has 2 heterocycles. The molecule has 1 N–H and O–H groups in total. The van der Waals surface area contributed by atoms with Crippen LogP contribution in [-0.4, -0.2) is 11.1 Å². The molecule has 4 rings (SSSR count). The van der Waals surface area contributed by atoms with Gasteiger partial charge in [-0.3, -0.25) is 0 Å². The minimum absolute atomic E-state index is 0.881. The van der Waals surface area contributed by atoms with Crippen LogP contribution in [0.4, 0.5) is 0 Å². The van der Waals surface area contributed by atoms with E-state index >= 15 is 0 Å². The van der Waals surface area contributed by atoms with Gasteiger partial charge in [-0.15, -0.1) is 0 Å². The molecule has 1 aliphatic heterocycles. The lowest BCUT2D eigenvalue weighted by Crippen LogP contribution is -2.17. The van der Waals surface area contributed by atoms with E-state index in [-0.39, 0.29) is 0 Å². The second-order valence-corrected chi connectivity index (χ2v) is 5.86. The normalized spacial score (nSPS) is 18.7. The highest BCUT2D eigenvalue weighted by molar-refractivity contribution is 6.31. The quantitative estimate of drug-likeness (QED) is 0.769. The van der Waals surface area contributed by atoms with Crippen molar-refractivity contribution in [3.63, 3.8) is 0 Å². The number of hydrogen-bond donors (Lipinski definition) is 1. The molecule has 2 aliphatic rings. The first-order valence-electron chi connectivity index (χ1n) is 6.87. The van der Waals surface area contributed by atoms with E-state index < -0.39 is 0 Å². The largest absolute Gasteiger partial charge is 0.343 e. The molecule has 0 atom stereocenters. The van der Waals surface area contributed by atoms with Gasteiger partial charge in [0.25, 0.3) is 0 Å². The van der Waals surface area contributed by atoms with Crippen molar-refractivity contribution >= 4 is 22.5 Å². The van der Waals surface area contributed by atoms with Crippen LogP contribution in [0.5, 0.6) is 0 Å². The zero-order chi connectivity index (χ0) is 12.1. The summed E-state index contributed by atoms with van der Waals surface area (Å²) in [5.41, 5.74) is 5.95. The van der Waals surface area contributed by atoms with Gasteiger partial charge in [0, 0.05) is 35.7 Å². The summed E-state index contributed by atoms with van der Waals surface area (Å²) in [6.45, 7) is 3.10. The highest BCUT2D eigenvalue weighted by Gasteiger charge is 2.23. The Bertz CT molecular complexity index is 627. The Morgan fingerprint density at radius 3 is 3.00 bits per heavy atom. The molecule has 3 heteroatoms. The third kappa shape index (κ3) is 1.45. The number of fused-ring (bicyclic) bond motifs is 3. The maximum Gasteiger partial charge on any atom is 0.0532 e. The Balaban J connectivity index is 2.12. The number of aryl methyl sites for hydroxylation is 1. The Morgan fingerprint density at radius 2 is 2.06 bits per heavy atom. The average molecular weight is 261 g/mol. The van der Waals surface area contributed by atoms with E-state index in [1.165, 1.54) is 42.1 Å². The number of aromatic nitrogens is 1. The summed E-state index contributed by atoms with van der Waals surface area (Å²) < 4.78 is 2.55. The van der Waals surface area contributed by atoms with Gasteiger partial charge >= 0.3 is 0 Å². The first kappa shape index (κ1) is 10.9. The number of nitrogens with zero attached hydrogens (tertiary/aromatic N) is 1. The van der Waals surface area contributed by atoms with E-state index in [4.69, 9.17) is 11.6 Å². The number of rotatable bonds is 0. The Kier molecular flexibility index (Phi) is 2.42. The third-order valence-electron chi connectivity index (χ3n) is 4.34. The molecule has 1 aromatic heterocycles. The van der Waals surface area contributed by atoms with E-state index in [1.54, 1.807) is 11.3 Å². The molecule has 18 heavy (non-hydrogen) atoms. The predicted molar refractivity (Wildman–Crippen MR) is 75.3 cm³/mol. The minimum atomic E-state index is 0.881. The predicted octanol–water partition coefficient (Wildman–Crippen LogP) is 3.28. The summed E-state index contributed by atoms with van der Waals surface area (Å²) in [6.07, 6.45) is 5.12.